The smallest absolute Gasteiger partial charge is 0.250 e. The van der Waals surface area contributed by atoms with Gasteiger partial charge in [0.1, 0.15) is 0 Å². The lowest BCUT2D eigenvalue weighted by atomic mass is 9.76. The van der Waals surface area contributed by atoms with Crippen LogP contribution in [0.5, 0.6) is 0 Å². The minimum Gasteiger partial charge on any atom is -0.341 e. The van der Waals surface area contributed by atoms with Crippen molar-refractivity contribution in [1.29, 1.82) is 0 Å². The molecule has 1 amide bonds. The van der Waals surface area contributed by atoms with Gasteiger partial charge in [-0.3, -0.25) is 9.59 Å². The minimum atomic E-state index is -3.40. The number of piperidine rings is 1. The van der Waals surface area contributed by atoms with Crippen LogP contribution in [0.15, 0.2) is 23.0 Å². The number of nitrogens with zero attached hydrogens (tertiary/aromatic N) is 2. The molecule has 2 aliphatic rings. The van der Waals surface area contributed by atoms with E-state index in [1.54, 1.807) is 17.0 Å². The zero-order chi connectivity index (χ0) is 19.8. The number of aromatic nitrogens is 1. The summed E-state index contributed by atoms with van der Waals surface area (Å²) in [5.41, 5.74) is 1.04. The van der Waals surface area contributed by atoms with Gasteiger partial charge in [0.2, 0.25) is 15.9 Å². The fourth-order valence-electron chi connectivity index (χ4n) is 4.42. The summed E-state index contributed by atoms with van der Waals surface area (Å²) in [6.45, 7) is 5.24. The first-order chi connectivity index (χ1) is 12.7. The fourth-order valence-corrected chi connectivity index (χ4v) is 4.81. The van der Waals surface area contributed by atoms with E-state index < -0.39 is 10.0 Å². The molecular weight excluding hydrogens is 366 g/mol. The largest absolute Gasteiger partial charge is 0.341 e. The highest BCUT2D eigenvalue weighted by atomic mass is 32.2. The maximum Gasteiger partial charge on any atom is 0.250 e. The Morgan fingerprint density at radius 2 is 2.04 bits per heavy atom. The topological polar surface area (TPSA) is 88.5 Å². The number of hydrogen-bond donors (Lipinski definition) is 1. The van der Waals surface area contributed by atoms with Crippen LogP contribution in [0.2, 0.25) is 0 Å². The highest BCUT2D eigenvalue weighted by Crippen LogP contribution is 2.43. The van der Waals surface area contributed by atoms with E-state index in [1.165, 1.54) is 0 Å². The molecule has 1 N–H and O–H groups in total. The molecule has 27 heavy (non-hydrogen) atoms. The van der Waals surface area contributed by atoms with E-state index in [1.807, 2.05) is 10.6 Å². The van der Waals surface area contributed by atoms with Gasteiger partial charge in [-0.15, -0.1) is 0 Å². The predicted octanol–water partition coefficient (Wildman–Crippen LogP) is 1.32. The van der Waals surface area contributed by atoms with Crippen LogP contribution in [-0.2, 0) is 14.8 Å². The zero-order valence-electron chi connectivity index (χ0n) is 16.2. The molecule has 1 aromatic rings. The van der Waals surface area contributed by atoms with Crippen LogP contribution < -0.4 is 10.3 Å². The first-order valence-corrected chi connectivity index (χ1v) is 11.5. The molecule has 7 nitrogen and oxygen atoms in total. The number of likely N-dealkylation sites (tertiary alicyclic amines) is 1. The first-order valence-electron chi connectivity index (χ1n) is 9.59. The summed E-state index contributed by atoms with van der Waals surface area (Å²) in [5.74, 6) is 0.683. The molecule has 150 valence electrons. The van der Waals surface area contributed by atoms with Crippen molar-refractivity contribution in [3.05, 3.63) is 34.2 Å². The van der Waals surface area contributed by atoms with Crippen LogP contribution in [0.4, 0.5) is 0 Å². The van der Waals surface area contributed by atoms with Gasteiger partial charge in [0, 0.05) is 36.8 Å². The molecule has 1 saturated heterocycles. The van der Waals surface area contributed by atoms with Crippen LogP contribution in [-0.4, -0.2) is 49.7 Å². The number of carbonyl (C=O) groups is 1. The molecule has 0 spiro atoms. The summed E-state index contributed by atoms with van der Waals surface area (Å²) in [7, 11) is -3.40. The van der Waals surface area contributed by atoms with E-state index in [9.17, 15) is 18.0 Å². The lowest BCUT2D eigenvalue weighted by Gasteiger charge is -2.47. The van der Waals surface area contributed by atoms with Crippen LogP contribution in [0.1, 0.15) is 50.8 Å². The average molecular weight is 396 g/mol. The van der Waals surface area contributed by atoms with Crippen LogP contribution in [0.3, 0.4) is 0 Å². The summed E-state index contributed by atoms with van der Waals surface area (Å²) < 4.78 is 26.8. The van der Waals surface area contributed by atoms with Crippen molar-refractivity contribution in [2.45, 2.75) is 45.1 Å². The number of amides is 1. The van der Waals surface area contributed by atoms with Crippen LogP contribution in [0, 0.1) is 11.8 Å². The molecule has 0 unspecified atom stereocenters. The predicted molar refractivity (Wildman–Crippen MR) is 104 cm³/mol. The molecule has 3 rings (SSSR count). The second kappa shape index (κ2) is 7.75. The van der Waals surface area contributed by atoms with Crippen molar-refractivity contribution in [3.8, 4) is 0 Å². The first kappa shape index (κ1) is 20.1. The Morgan fingerprint density at radius 3 is 2.70 bits per heavy atom. The Labute approximate surface area is 160 Å². The van der Waals surface area contributed by atoms with E-state index in [-0.39, 0.29) is 35.9 Å². The third-order valence-electron chi connectivity index (χ3n) is 5.68. The normalized spacial score (nSPS) is 24.7. The summed E-state index contributed by atoms with van der Waals surface area (Å²) in [6.07, 6.45) is 3.96. The van der Waals surface area contributed by atoms with Crippen molar-refractivity contribution in [2.24, 2.45) is 11.8 Å². The quantitative estimate of drug-likeness (QED) is 0.787. The van der Waals surface area contributed by atoms with Gasteiger partial charge in [-0.25, -0.2) is 13.1 Å². The van der Waals surface area contributed by atoms with Crippen LogP contribution in [0.25, 0.3) is 0 Å². The maximum absolute atomic E-state index is 12.6. The summed E-state index contributed by atoms with van der Waals surface area (Å²) in [5, 5.41) is 0. The van der Waals surface area contributed by atoms with Crippen molar-refractivity contribution in [3.63, 3.8) is 0 Å². The Kier molecular flexibility index (Phi) is 5.76. The van der Waals surface area contributed by atoms with Crippen molar-refractivity contribution in [1.82, 2.24) is 14.2 Å². The maximum atomic E-state index is 12.6. The van der Waals surface area contributed by atoms with E-state index in [0.29, 0.717) is 19.0 Å². The lowest BCUT2D eigenvalue weighted by molar-refractivity contribution is -0.133. The molecule has 0 saturated carbocycles. The number of pyridine rings is 1. The van der Waals surface area contributed by atoms with E-state index >= 15 is 0 Å². The standard InChI is InChI=1S/C19H29N3O4S/c1-13(2)7-8-17-15-9-14(16-5-4-6-18(23)22(16)17)11-21(12-15)19(24)10-20-27(3,25)26/h4-6,13-15,17,20H,7-12H2,1-3H3/t14-,15+,17+/m1/s1. The van der Waals surface area contributed by atoms with E-state index in [4.69, 9.17) is 0 Å². The van der Waals surface area contributed by atoms with Gasteiger partial charge < -0.3 is 9.47 Å². The Balaban J connectivity index is 1.85. The Hall–Kier alpha value is -1.67. The van der Waals surface area contributed by atoms with E-state index in [2.05, 4.69) is 18.6 Å². The van der Waals surface area contributed by atoms with Crippen LogP contribution >= 0.6 is 0 Å². The molecule has 8 heteroatoms. The monoisotopic (exact) mass is 395 g/mol. The van der Waals surface area contributed by atoms with Gasteiger partial charge in [-0.1, -0.05) is 19.9 Å². The minimum absolute atomic E-state index is 0.0366. The third kappa shape index (κ3) is 4.60. The van der Waals surface area contributed by atoms with Gasteiger partial charge in [-0.05, 0) is 37.2 Å². The molecule has 2 aliphatic heterocycles. The van der Waals surface area contributed by atoms with Crippen molar-refractivity contribution in [2.75, 3.05) is 25.9 Å². The summed E-state index contributed by atoms with van der Waals surface area (Å²) in [6, 6.07) is 5.49. The number of carbonyl (C=O) groups excluding carboxylic acids is 1. The summed E-state index contributed by atoms with van der Waals surface area (Å²) >= 11 is 0. The van der Waals surface area contributed by atoms with Crippen molar-refractivity contribution >= 4 is 15.9 Å². The van der Waals surface area contributed by atoms with Gasteiger partial charge in [0.25, 0.3) is 5.56 Å². The third-order valence-corrected chi connectivity index (χ3v) is 6.35. The van der Waals surface area contributed by atoms with Crippen molar-refractivity contribution < 1.29 is 13.2 Å². The molecule has 0 radical (unpaired) electrons. The fraction of sp³-hybridized carbons (Fsp3) is 0.684. The highest BCUT2D eigenvalue weighted by molar-refractivity contribution is 7.88. The summed E-state index contributed by atoms with van der Waals surface area (Å²) in [4.78, 5) is 26.9. The SMILES string of the molecule is CC(C)CC[C@H]1[C@H]2C[C@H](CN(C(=O)CNS(C)(=O)=O)C2)c2cccc(=O)n21. The number of fused-ring (bicyclic) bond motifs is 4. The Bertz CT molecular complexity index is 862. The number of hydrogen-bond acceptors (Lipinski definition) is 4. The van der Waals surface area contributed by atoms with E-state index in [0.717, 1.165) is 31.2 Å². The number of nitrogens with one attached hydrogen (secondary N) is 1. The number of sulfonamides is 1. The van der Waals surface area contributed by atoms with Gasteiger partial charge >= 0.3 is 0 Å². The molecule has 3 atom stereocenters. The molecule has 1 aromatic heterocycles. The molecular formula is C19H29N3O4S. The van der Waals surface area contributed by atoms with Gasteiger partial charge in [-0.2, -0.15) is 0 Å². The zero-order valence-corrected chi connectivity index (χ0v) is 17.0. The number of rotatable bonds is 6. The second-order valence-electron chi connectivity index (χ2n) is 8.28. The second-order valence-corrected chi connectivity index (χ2v) is 10.1. The molecule has 0 aliphatic carbocycles. The molecule has 0 aromatic carbocycles. The molecule has 1 fully saturated rings. The lowest BCUT2D eigenvalue weighted by Crippen LogP contribution is -2.52. The highest BCUT2D eigenvalue weighted by Gasteiger charge is 2.41. The molecule has 3 heterocycles. The molecule has 2 bridgehead atoms. The Morgan fingerprint density at radius 1 is 1.30 bits per heavy atom. The average Bonchev–Trinajstić information content (AvgIpc) is 2.59. The van der Waals surface area contributed by atoms with Gasteiger partial charge in [0.15, 0.2) is 0 Å². The van der Waals surface area contributed by atoms with Gasteiger partial charge in [0.05, 0.1) is 12.8 Å².